The summed E-state index contributed by atoms with van der Waals surface area (Å²) in [5.74, 6) is -0.0593. The van der Waals surface area contributed by atoms with Gasteiger partial charge in [0.05, 0.1) is 6.61 Å². The molecule has 0 bridgehead atoms. The minimum atomic E-state index is -0.0593. The fraction of sp³-hybridized carbons (Fsp3) is 0.964. The van der Waals surface area contributed by atoms with Gasteiger partial charge in [0.25, 0.3) is 0 Å². The van der Waals surface area contributed by atoms with Crippen molar-refractivity contribution < 1.29 is 9.53 Å². The van der Waals surface area contributed by atoms with Crippen LogP contribution >= 0.6 is 0 Å². The van der Waals surface area contributed by atoms with Crippen LogP contribution < -0.4 is 0 Å². The van der Waals surface area contributed by atoms with Gasteiger partial charge in [0.1, 0.15) is 0 Å². The van der Waals surface area contributed by atoms with Crippen molar-refractivity contribution in [3.63, 3.8) is 0 Å². The maximum Gasteiger partial charge on any atom is 0.305 e. The SMILES string of the molecule is CCCCCC(=O)OCC.CCCCCCCCCCCCCCCCCCN(C)C. The number of hydrogen-bond acceptors (Lipinski definition) is 3. The normalized spacial score (nSPS) is 10.8. The Kier molecular flexibility index (Phi) is 31.0. The van der Waals surface area contributed by atoms with Gasteiger partial charge in [-0.1, -0.05) is 123 Å². The summed E-state index contributed by atoms with van der Waals surface area (Å²) in [6, 6.07) is 0. The Labute approximate surface area is 197 Å². The van der Waals surface area contributed by atoms with Gasteiger partial charge in [-0.15, -0.1) is 0 Å². The fourth-order valence-electron chi connectivity index (χ4n) is 3.73. The maximum atomic E-state index is 10.7. The number of nitrogens with zero attached hydrogens (tertiary/aromatic N) is 1. The predicted molar refractivity (Wildman–Crippen MR) is 139 cm³/mol. The van der Waals surface area contributed by atoms with E-state index in [1.807, 2.05) is 6.92 Å². The molecule has 0 radical (unpaired) electrons. The molecule has 0 spiro atoms. The quantitative estimate of drug-likeness (QED) is 0.124. The van der Waals surface area contributed by atoms with Gasteiger partial charge in [0.2, 0.25) is 0 Å². The molecule has 0 aromatic carbocycles. The molecule has 31 heavy (non-hydrogen) atoms. The topological polar surface area (TPSA) is 29.5 Å². The van der Waals surface area contributed by atoms with E-state index < -0.39 is 0 Å². The summed E-state index contributed by atoms with van der Waals surface area (Å²) >= 11 is 0. The van der Waals surface area contributed by atoms with Crippen LogP contribution in [0, 0.1) is 0 Å². The van der Waals surface area contributed by atoms with Gasteiger partial charge in [-0.25, -0.2) is 0 Å². The van der Waals surface area contributed by atoms with Crippen molar-refractivity contribution in [2.75, 3.05) is 27.2 Å². The molecular formula is C28H59NO2. The molecule has 0 saturated carbocycles. The van der Waals surface area contributed by atoms with Gasteiger partial charge in [-0.2, -0.15) is 0 Å². The van der Waals surface area contributed by atoms with Crippen molar-refractivity contribution in [2.45, 2.75) is 149 Å². The molecule has 3 heteroatoms. The third-order valence-electron chi connectivity index (χ3n) is 5.75. The highest BCUT2D eigenvalue weighted by atomic mass is 16.5. The van der Waals surface area contributed by atoms with Crippen molar-refractivity contribution in [3.8, 4) is 0 Å². The van der Waals surface area contributed by atoms with Crippen LogP contribution in [0.1, 0.15) is 149 Å². The van der Waals surface area contributed by atoms with Crippen molar-refractivity contribution in [1.82, 2.24) is 4.90 Å². The lowest BCUT2D eigenvalue weighted by molar-refractivity contribution is -0.143. The molecule has 0 amide bonds. The molecule has 0 saturated heterocycles. The second kappa shape index (κ2) is 29.4. The van der Waals surface area contributed by atoms with Crippen LogP contribution in [0.5, 0.6) is 0 Å². The number of ether oxygens (including phenoxy) is 1. The smallest absolute Gasteiger partial charge is 0.305 e. The fourth-order valence-corrected chi connectivity index (χ4v) is 3.73. The molecule has 0 atom stereocenters. The van der Waals surface area contributed by atoms with E-state index in [-0.39, 0.29) is 5.97 Å². The van der Waals surface area contributed by atoms with E-state index in [9.17, 15) is 4.79 Å². The summed E-state index contributed by atoms with van der Waals surface area (Å²) in [5, 5.41) is 0. The van der Waals surface area contributed by atoms with E-state index in [2.05, 4.69) is 32.8 Å². The van der Waals surface area contributed by atoms with Crippen molar-refractivity contribution in [3.05, 3.63) is 0 Å². The van der Waals surface area contributed by atoms with Crippen molar-refractivity contribution >= 4 is 5.97 Å². The van der Waals surface area contributed by atoms with E-state index in [1.165, 1.54) is 109 Å². The summed E-state index contributed by atoms with van der Waals surface area (Å²) in [6.45, 7) is 8.01. The van der Waals surface area contributed by atoms with E-state index in [0.29, 0.717) is 13.0 Å². The number of rotatable bonds is 22. The Balaban J connectivity index is 0. The Morgan fingerprint density at radius 2 is 0.903 bits per heavy atom. The highest BCUT2D eigenvalue weighted by Gasteiger charge is 1.98. The first kappa shape index (κ1) is 32.6. The lowest BCUT2D eigenvalue weighted by Crippen LogP contribution is -2.12. The minimum absolute atomic E-state index is 0.0593. The van der Waals surface area contributed by atoms with Crippen LogP contribution in [-0.4, -0.2) is 38.1 Å². The average Bonchev–Trinajstić information content (AvgIpc) is 2.74. The van der Waals surface area contributed by atoms with Gasteiger partial charge in [0.15, 0.2) is 0 Å². The molecule has 0 aromatic heterocycles. The van der Waals surface area contributed by atoms with Crippen molar-refractivity contribution in [2.24, 2.45) is 0 Å². The monoisotopic (exact) mass is 441 g/mol. The maximum absolute atomic E-state index is 10.7. The van der Waals surface area contributed by atoms with Crippen molar-refractivity contribution in [1.29, 1.82) is 0 Å². The third-order valence-corrected chi connectivity index (χ3v) is 5.75. The molecule has 0 unspecified atom stereocenters. The standard InChI is InChI=1S/C20H43N.C8H16O2/c1-4-5-6-7-8-9-10-11-12-13-14-15-16-17-18-19-20-21(2)3;1-3-5-6-7-8(9)10-4-2/h4-20H2,1-3H3;3-7H2,1-2H3. The predicted octanol–water partition coefficient (Wildman–Crippen LogP) is 8.94. The molecule has 0 N–H and O–H groups in total. The summed E-state index contributed by atoms with van der Waals surface area (Å²) in [5.41, 5.74) is 0. The first-order valence-electron chi connectivity index (χ1n) is 13.9. The Bertz CT molecular complexity index is 331. The minimum Gasteiger partial charge on any atom is -0.466 e. The molecule has 188 valence electrons. The van der Waals surface area contributed by atoms with Crippen LogP contribution in [-0.2, 0) is 9.53 Å². The second-order valence-electron chi connectivity index (χ2n) is 9.37. The summed E-state index contributed by atoms with van der Waals surface area (Å²) in [6.07, 6.45) is 27.1. The van der Waals surface area contributed by atoms with Crippen LogP contribution in [0.4, 0.5) is 0 Å². The number of esters is 1. The first-order chi connectivity index (χ1) is 15.1. The molecule has 0 rings (SSSR count). The van der Waals surface area contributed by atoms with Gasteiger partial charge in [0, 0.05) is 6.42 Å². The lowest BCUT2D eigenvalue weighted by Gasteiger charge is -2.08. The molecule has 3 nitrogen and oxygen atoms in total. The summed E-state index contributed by atoms with van der Waals surface area (Å²) in [7, 11) is 4.34. The number of carbonyl (C=O) groups is 1. The molecular weight excluding hydrogens is 382 g/mol. The summed E-state index contributed by atoms with van der Waals surface area (Å²) in [4.78, 5) is 13.0. The molecule has 0 aliphatic carbocycles. The summed E-state index contributed by atoms with van der Waals surface area (Å²) < 4.78 is 4.75. The van der Waals surface area contributed by atoms with Gasteiger partial charge in [-0.05, 0) is 40.4 Å². The van der Waals surface area contributed by atoms with Gasteiger partial charge in [-0.3, -0.25) is 4.79 Å². The van der Waals surface area contributed by atoms with Crippen LogP contribution in [0.3, 0.4) is 0 Å². The number of hydrogen-bond donors (Lipinski definition) is 0. The van der Waals surface area contributed by atoms with Crippen LogP contribution in [0.2, 0.25) is 0 Å². The largest absolute Gasteiger partial charge is 0.466 e. The van der Waals surface area contributed by atoms with Gasteiger partial charge < -0.3 is 9.64 Å². The van der Waals surface area contributed by atoms with Crippen LogP contribution in [0.15, 0.2) is 0 Å². The highest BCUT2D eigenvalue weighted by molar-refractivity contribution is 5.69. The number of unbranched alkanes of at least 4 members (excludes halogenated alkanes) is 17. The zero-order valence-corrected chi connectivity index (χ0v) is 22.3. The lowest BCUT2D eigenvalue weighted by atomic mass is 10.0. The molecule has 0 heterocycles. The Hall–Kier alpha value is -0.570. The van der Waals surface area contributed by atoms with E-state index in [0.717, 1.165) is 19.3 Å². The highest BCUT2D eigenvalue weighted by Crippen LogP contribution is 2.13. The van der Waals surface area contributed by atoms with E-state index in [1.54, 1.807) is 0 Å². The second-order valence-corrected chi connectivity index (χ2v) is 9.37. The molecule has 0 fully saturated rings. The van der Waals surface area contributed by atoms with Gasteiger partial charge >= 0.3 is 5.97 Å². The Morgan fingerprint density at radius 3 is 1.26 bits per heavy atom. The van der Waals surface area contributed by atoms with Crippen LogP contribution in [0.25, 0.3) is 0 Å². The molecule has 0 aromatic rings. The van der Waals surface area contributed by atoms with E-state index in [4.69, 9.17) is 4.74 Å². The first-order valence-corrected chi connectivity index (χ1v) is 13.9. The van der Waals surface area contributed by atoms with E-state index >= 15 is 0 Å². The zero-order chi connectivity index (χ0) is 23.4. The molecule has 0 aliphatic heterocycles. The zero-order valence-electron chi connectivity index (χ0n) is 22.3. The third kappa shape index (κ3) is 34.2. The molecule has 0 aliphatic rings. The number of carbonyl (C=O) groups excluding carboxylic acids is 1. The average molecular weight is 442 g/mol. The Morgan fingerprint density at radius 1 is 0.548 bits per heavy atom.